The van der Waals surface area contributed by atoms with E-state index in [-0.39, 0.29) is 5.75 Å². The Bertz CT molecular complexity index is 524. The summed E-state index contributed by atoms with van der Waals surface area (Å²) in [6.45, 7) is 1.96. The molecule has 1 heterocycles. The zero-order valence-electron chi connectivity index (χ0n) is 9.27. The summed E-state index contributed by atoms with van der Waals surface area (Å²) >= 11 is 0. The van der Waals surface area contributed by atoms with E-state index in [9.17, 15) is 9.90 Å². The summed E-state index contributed by atoms with van der Waals surface area (Å²) in [5.41, 5.74) is 3.52. The van der Waals surface area contributed by atoms with E-state index in [2.05, 4.69) is 0 Å². The van der Waals surface area contributed by atoms with Crippen molar-refractivity contribution in [1.82, 2.24) is 4.57 Å². The number of aldehydes is 1. The molecule has 2 aromatic rings. The first kappa shape index (κ1) is 10.5. The Balaban J connectivity index is 2.59. The van der Waals surface area contributed by atoms with E-state index >= 15 is 0 Å². The highest BCUT2D eigenvalue weighted by atomic mass is 16.3. The van der Waals surface area contributed by atoms with Crippen LogP contribution in [0.25, 0.3) is 11.1 Å². The molecule has 1 aromatic heterocycles. The molecule has 0 aliphatic heterocycles. The molecule has 0 unspecified atom stereocenters. The van der Waals surface area contributed by atoms with Gasteiger partial charge in [-0.3, -0.25) is 4.79 Å². The van der Waals surface area contributed by atoms with Crippen LogP contribution in [0.3, 0.4) is 0 Å². The zero-order chi connectivity index (χ0) is 11.7. The zero-order valence-corrected chi connectivity index (χ0v) is 9.27. The van der Waals surface area contributed by atoms with Crippen LogP contribution in [0.1, 0.15) is 16.2 Å². The van der Waals surface area contributed by atoms with Gasteiger partial charge < -0.3 is 9.67 Å². The lowest BCUT2D eigenvalue weighted by Gasteiger charge is -2.02. The van der Waals surface area contributed by atoms with Crippen molar-refractivity contribution in [2.24, 2.45) is 7.05 Å². The number of aromatic nitrogens is 1. The Morgan fingerprint density at radius 2 is 1.88 bits per heavy atom. The van der Waals surface area contributed by atoms with Crippen LogP contribution in [0.2, 0.25) is 0 Å². The summed E-state index contributed by atoms with van der Waals surface area (Å²) in [7, 11) is 1.86. The van der Waals surface area contributed by atoms with Gasteiger partial charge in [0.05, 0.1) is 5.69 Å². The minimum absolute atomic E-state index is 0.226. The number of carbonyl (C=O) groups excluding carboxylic acids is 1. The molecule has 2 rings (SSSR count). The third-order valence-electron chi connectivity index (χ3n) is 2.81. The number of nitrogens with zero attached hydrogens (tertiary/aromatic N) is 1. The van der Waals surface area contributed by atoms with E-state index in [0.29, 0.717) is 5.69 Å². The van der Waals surface area contributed by atoms with E-state index in [4.69, 9.17) is 0 Å². The lowest BCUT2D eigenvalue weighted by Crippen LogP contribution is -1.97. The van der Waals surface area contributed by atoms with Gasteiger partial charge in [0.25, 0.3) is 0 Å². The van der Waals surface area contributed by atoms with Crippen molar-refractivity contribution in [3.63, 3.8) is 0 Å². The van der Waals surface area contributed by atoms with Gasteiger partial charge in [-0.1, -0.05) is 12.1 Å². The molecular weight excluding hydrogens is 202 g/mol. The molecule has 1 aromatic carbocycles. The van der Waals surface area contributed by atoms with E-state index < -0.39 is 0 Å². The van der Waals surface area contributed by atoms with E-state index in [1.807, 2.05) is 24.6 Å². The van der Waals surface area contributed by atoms with E-state index in [1.54, 1.807) is 24.3 Å². The summed E-state index contributed by atoms with van der Waals surface area (Å²) in [6.07, 6.45) is 0.856. The molecule has 0 radical (unpaired) electrons. The van der Waals surface area contributed by atoms with Gasteiger partial charge in [-0.2, -0.15) is 0 Å². The van der Waals surface area contributed by atoms with Crippen molar-refractivity contribution in [2.75, 3.05) is 0 Å². The first-order valence-corrected chi connectivity index (χ1v) is 5.04. The lowest BCUT2D eigenvalue weighted by atomic mass is 10.1. The summed E-state index contributed by atoms with van der Waals surface area (Å²) in [4.78, 5) is 11.0. The summed E-state index contributed by atoms with van der Waals surface area (Å²) in [6, 6.07) is 8.81. The number of rotatable bonds is 2. The fourth-order valence-corrected chi connectivity index (χ4v) is 1.77. The topological polar surface area (TPSA) is 42.2 Å². The fourth-order valence-electron chi connectivity index (χ4n) is 1.77. The average molecular weight is 215 g/mol. The fraction of sp³-hybridized carbons (Fsp3) is 0.154. The van der Waals surface area contributed by atoms with Gasteiger partial charge in [-0.15, -0.1) is 0 Å². The Morgan fingerprint density at radius 1 is 1.25 bits per heavy atom. The highest BCUT2D eigenvalue weighted by Crippen LogP contribution is 2.26. The van der Waals surface area contributed by atoms with Crippen LogP contribution in [0.5, 0.6) is 5.75 Å². The quantitative estimate of drug-likeness (QED) is 0.782. The van der Waals surface area contributed by atoms with Crippen molar-refractivity contribution in [3.8, 4) is 16.9 Å². The number of aromatic hydroxyl groups is 1. The van der Waals surface area contributed by atoms with Crippen LogP contribution in [0.4, 0.5) is 0 Å². The predicted octanol–water partition coefficient (Wildman–Crippen LogP) is 2.52. The number of phenolic OH excluding ortho intramolecular Hbond substituents is 1. The Hall–Kier alpha value is -2.03. The standard InChI is InChI=1S/C13H13NO2/c1-9-7-12(13(8-15)14(9)2)10-3-5-11(16)6-4-10/h3-8,16H,1-2H3. The molecule has 0 fully saturated rings. The SMILES string of the molecule is Cc1cc(-c2ccc(O)cc2)c(C=O)n1C. The number of hydrogen-bond donors (Lipinski definition) is 1. The first-order valence-electron chi connectivity index (χ1n) is 5.04. The molecule has 0 bridgehead atoms. The van der Waals surface area contributed by atoms with Gasteiger partial charge in [0.15, 0.2) is 6.29 Å². The second-order valence-corrected chi connectivity index (χ2v) is 3.81. The average Bonchev–Trinajstić information content (AvgIpc) is 2.56. The summed E-state index contributed by atoms with van der Waals surface area (Å²) < 4.78 is 1.86. The van der Waals surface area contributed by atoms with Crippen molar-refractivity contribution >= 4 is 6.29 Å². The minimum atomic E-state index is 0.226. The molecule has 0 aliphatic carbocycles. The van der Waals surface area contributed by atoms with Crippen LogP contribution in [-0.2, 0) is 7.05 Å². The monoisotopic (exact) mass is 215 g/mol. The Labute approximate surface area is 94.0 Å². The van der Waals surface area contributed by atoms with Crippen LogP contribution in [-0.4, -0.2) is 16.0 Å². The molecule has 3 heteroatoms. The number of carbonyl (C=O) groups is 1. The molecule has 0 saturated heterocycles. The minimum Gasteiger partial charge on any atom is -0.508 e. The highest BCUT2D eigenvalue weighted by Gasteiger charge is 2.10. The normalized spacial score (nSPS) is 10.4. The van der Waals surface area contributed by atoms with Crippen LogP contribution in [0, 0.1) is 6.92 Å². The molecule has 82 valence electrons. The maximum absolute atomic E-state index is 11.0. The highest BCUT2D eigenvalue weighted by molar-refractivity contribution is 5.86. The number of hydrogen-bond acceptors (Lipinski definition) is 2. The van der Waals surface area contributed by atoms with Gasteiger partial charge >= 0.3 is 0 Å². The molecule has 0 aliphatic rings. The first-order chi connectivity index (χ1) is 7.63. The van der Waals surface area contributed by atoms with E-state index in [0.717, 1.165) is 23.1 Å². The van der Waals surface area contributed by atoms with Gasteiger partial charge in [-0.25, -0.2) is 0 Å². The molecule has 0 atom stereocenters. The van der Waals surface area contributed by atoms with Crippen LogP contribution in [0.15, 0.2) is 30.3 Å². The molecule has 0 spiro atoms. The molecular formula is C13H13NO2. The Morgan fingerprint density at radius 3 is 2.44 bits per heavy atom. The third-order valence-corrected chi connectivity index (χ3v) is 2.81. The maximum Gasteiger partial charge on any atom is 0.167 e. The largest absolute Gasteiger partial charge is 0.508 e. The van der Waals surface area contributed by atoms with Crippen molar-refractivity contribution in [3.05, 3.63) is 41.7 Å². The third kappa shape index (κ3) is 1.60. The lowest BCUT2D eigenvalue weighted by molar-refractivity contribution is 0.111. The smallest absolute Gasteiger partial charge is 0.167 e. The number of aryl methyl sites for hydroxylation is 1. The van der Waals surface area contributed by atoms with Crippen molar-refractivity contribution in [1.29, 1.82) is 0 Å². The number of benzene rings is 1. The van der Waals surface area contributed by atoms with Crippen LogP contribution < -0.4 is 0 Å². The summed E-state index contributed by atoms with van der Waals surface area (Å²) in [5, 5.41) is 9.22. The predicted molar refractivity (Wildman–Crippen MR) is 62.6 cm³/mol. The maximum atomic E-state index is 11.0. The van der Waals surface area contributed by atoms with Gasteiger partial charge in [0.1, 0.15) is 5.75 Å². The molecule has 3 nitrogen and oxygen atoms in total. The second-order valence-electron chi connectivity index (χ2n) is 3.81. The molecule has 0 saturated carbocycles. The summed E-state index contributed by atoms with van der Waals surface area (Å²) in [5.74, 6) is 0.226. The molecule has 1 N–H and O–H groups in total. The second kappa shape index (κ2) is 3.85. The van der Waals surface area contributed by atoms with Gasteiger partial charge in [0, 0.05) is 18.3 Å². The molecule has 0 amide bonds. The van der Waals surface area contributed by atoms with E-state index in [1.165, 1.54) is 0 Å². The molecule has 16 heavy (non-hydrogen) atoms. The van der Waals surface area contributed by atoms with Gasteiger partial charge in [-0.05, 0) is 30.7 Å². The van der Waals surface area contributed by atoms with Crippen molar-refractivity contribution in [2.45, 2.75) is 6.92 Å². The van der Waals surface area contributed by atoms with Crippen LogP contribution >= 0.6 is 0 Å². The number of phenols is 1. The van der Waals surface area contributed by atoms with Gasteiger partial charge in [0.2, 0.25) is 0 Å². The Kier molecular flexibility index (Phi) is 2.52. The van der Waals surface area contributed by atoms with Crippen molar-refractivity contribution < 1.29 is 9.90 Å².